The molecule has 3 aromatic rings. The SMILES string of the molecule is CCOc1cncc(-c2cc(CN3CCN(c4ccc(C(=O)NCC56CC7CC(CC(C7)C5)C6)cc4)CC3)cc(OC(C)C)c2)c1. The Kier molecular flexibility index (Phi) is 8.95. The number of anilines is 1. The zero-order chi connectivity index (χ0) is 31.7. The largest absolute Gasteiger partial charge is 0.492 e. The van der Waals surface area contributed by atoms with E-state index in [0.29, 0.717) is 12.0 Å². The van der Waals surface area contributed by atoms with Gasteiger partial charge in [0.05, 0.1) is 18.9 Å². The molecule has 4 saturated carbocycles. The first-order valence-corrected chi connectivity index (χ1v) is 17.6. The summed E-state index contributed by atoms with van der Waals surface area (Å²) >= 11 is 0. The first-order valence-electron chi connectivity index (χ1n) is 17.6. The molecule has 46 heavy (non-hydrogen) atoms. The van der Waals surface area contributed by atoms with Crippen LogP contribution in [-0.4, -0.2) is 61.2 Å². The monoisotopic (exact) mass is 622 g/mol. The number of hydrogen-bond acceptors (Lipinski definition) is 6. The maximum atomic E-state index is 13.1. The Hall–Kier alpha value is -3.58. The minimum atomic E-state index is 0.0792. The van der Waals surface area contributed by atoms with Gasteiger partial charge in [-0.25, -0.2) is 0 Å². The lowest BCUT2D eigenvalue weighted by molar-refractivity contribution is -0.0503. The van der Waals surface area contributed by atoms with Crippen molar-refractivity contribution in [3.05, 3.63) is 72.1 Å². The van der Waals surface area contributed by atoms with E-state index in [1.165, 1.54) is 49.8 Å². The Morgan fingerprint density at radius 1 is 0.891 bits per heavy atom. The fourth-order valence-corrected chi connectivity index (χ4v) is 9.20. The third kappa shape index (κ3) is 7.05. The molecule has 1 amide bonds. The number of carbonyl (C=O) groups excluding carboxylic acids is 1. The summed E-state index contributed by atoms with van der Waals surface area (Å²) in [6, 6.07) is 16.8. The maximum absolute atomic E-state index is 13.1. The summed E-state index contributed by atoms with van der Waals surface area (Å²) in [4.78, 5) is 22.5. The van der Waals surface area contributed by atoms with Crippen LogP contribution in [0.25, 0.3) is 11.1 Å². The number of hydrogen-bond donors (Lipinski definition) is 1. The summed E-state index contributed by atoms with van der Waals surface area (Å²) in [5.41, 5.74) is 5.66. The Morgan fingerprint density at radius 3 is 2.22 bits per heavy atom. The molecular weight excluding hydrogens is 572 g/mol. The Labute approximate surface area is 274 Å². The van der Waals surface area contributed by atoms with E-state index in [1.807, 2.05) is 31.3 Å². The lowest BCUT2D eigenvalue weighted by Crippen LogP contribution is -2.51. The lowest BCUT2D eigenvalue weighted by atomic mass is 9.49. The van der Waals surface area contributed by atoms with E-state index in [2.05, 4.69) is 64.3 Å². The molecule has 0 unspecified atom stereocenters. The van der Waals surface area contributed by atoms with E-state index >= 15 is 0 Å². The number of amides is 1. The Morgan fingerprint density at radius 2 is 1.57 bits per heavy atom. The van der Waals surface area contributed by atoms with E-state index in [1.54, 1.807) is 6.20 Å². The van der Waals surface area contributed by atoms with Crippen molar-refractivity contribution in [1.82, 2.24) is 15.2 Å². The van der Waals surface area contributed by atoms with E-state index in [9.17, 15) is 4.79 Å². The topological polar surface area (TPSA) is 66.9 Å². The summed E-state index contributed by atoms with van der Waals surface area (Å²) in [5, 5.41) is 3.34. The van der Waals surface area contributed by atoms with Crippen molar-refractivity contribution in [3.8, 4) is 22.6 Å². The highest BCUT2D eigenvalue weighted by atomic mass is 16.5. The van der Waals surface area contributed by atoms with Crippen molar-refractivity contribution < 1.29 is 14.3 Å². The van der Waals surface area contributed by atoms with Crippen LogP contribution < -0.4 is 19.7 Å². The van der Waals surface area contributed by atoms with Gasteiger partial charge in [0.2, 0.25) is 0 Å². The quantitative estimate of drug-likeness (QED) is 0.244. The van der Waals surface area contributed by atoms with Gasteiger partial charge in [-0.3, -0.25) is 14.7 Å². The summed E-state index contributed by atoms with van der Waals surface area (Å²) in [7, 11) is 0. The van der Waals surface area contributed by atoms with Gasteiger partial charge in [0.15, 0.2) is 0 Å². The van der Waals surface area contributed by atoms with E-state index in [-0.39, 0.29) is 12.0 Å². The molecule has 7 heteroatoms. The van der Waals surface area contributed by atoms with Crippen LogP contribution >= 0.6 is 0 Å². The second-order valence-electron chi connectivity index (χ2n) is 14.8. The highest BCUT2D eigenvalue weighted by Gasteiger charge is 2.50. The Balaban J connectivity index is 0.943. The molecule has 0 spiro atoms. The average Bonchev–Trinajstić information content (AvgIpc) is 3.03. The van der Waals surface area contributed by atoms with Gasteiger partial charge in [-0.1, -0.05) is 0 Å². The third-order valence-electron chi connectivity index (χ3n) is 10.8. The minimum absolute atomic E-state index is 0.0792. The molecule has 4 bridgehead atoms. The highest BCUT2D eigenvalue weighted by Crippen LogP contribution is 2.59. The molecule has 0 radical (unpaired) electrons. The van der Waals surface area contributed by atoms with Crippen molar-refractivity contribution in [1.29, 1.82) is 0 Å². The number of ether oxygens (including phenoxy) is 2. The number of piperazine rings is 1. The fourth-order valence-electron chi connectivity index (χ4n) is 9.20. The number of nitrogens with one attached hydrogen (secondary N) is 1. The number of carbonyl (C=O) groups is 1. The van der Waals surface area contributed by atoms with Gasteiger partial charge in [0.1, 0.15) is 11.5 Å². The molecule has 1 aromatic heterocycles. The maximum Gasteiger partial charge on any atom is 0.251 e. The molecule has 5 aliphatic rings. The molecule has 8 rings (SSSR count). The standard InChI is InChI=1S/C39H50N4O3/c1-4-45-37-19-34(23-40-24-37)33-16-31(17-36(18-33)46-27(2)3)25-42-9-11-43(12-10-42)35-7-5-32(6-8-35)38(44)41-26-39-20-28-13-29(21-39)15-30(14-28)22-39/h5-8,16-19,23-24,27-30H,4,9-15,20-22,25-26H2,1-3H3,(H,41,44). The van der Waals surface area contributed by atoms with Crippen LogP contribution in [0.1, 0.15) is 75.2 Å². The van der Waals surface area contributed by atoms with Gasteiger partial charge in [-0.2, -0.15) is 0 Å². The van der Waals surface area contributed by atoms with Crippen LogP contribution in [0.4, 0.5) is 5.69 Å². The van der Waals surface area contributed by atoms with E-state index < -0.39 is 0 Å². The second-order valence-corrected chi connectivity index (χ2v) is 14.8. The summed E-state index contributed by atoms with van der Waals surface area (Å²) in [6.45, 7) is 12.3. The third-order valence-corrected chi connectivity index (χ3v) is 10.8. The zero-order valence-electron chi connectivity index (χ0n) is 27.8. The van der Waals surface area contributed by atoms with Crippen LogP contribution in [0, 0.1) is 23.2 Å². The second kappa shape index (κ2) is 13.3. The Bertz CT molecular complexity index is 1480. The van der Waals surface area contributed by atoms with Crippen LogP contribution in [0.3, 0.4) is 0 Å². The predicted octanol–water partition coefficient (Wildman–Crippen LogP) is 7.20. The molecule has 2 heterocycles. The molecular formula is C39H50N4O3. The van der Waals surface area contributed by atoms with Gasteiger partial charge < -0.3 is 19.7 Å². The molecule has 7 nitrogen and oxygen atoms in total. The average molecular weight is 623 g/mol. The van der Waals surface area contributed by atoms with Crippen molar-refractivity contribution >= 4 is 11.6 Å². The first kappa shape index (κ1) is 31.0. The zero-order valence-corrected chi connectivity index (χ0v) is 27.8. The predicted molar refractivity (Wildman–Crippen MR) is 183 cm³/mol. The van der Waals surface area contributed by atoms with Crippen LogP contribution in [-0.2, 0) is 6.54 Å². The van der Waals surface area contributed by atoms with Gasteiger partial charge >= 0.3 is 0 Å². The lowest BCUT2D eigenvalue weighted by Gasteiger charge is -2.56. The van der Waals surface area contributed by atoms with E-state index in [0.717, 1.165) is 85.2 Å². The summed E-state index contributed by atoms with van der Waals surface area (Å²) in [5.74, 6) is 4.46. The van der Waals surface area contributed by atoms with Gasteiger partial charge in [0.25, 0.3) is 5.91 Å². The number of rotatable bonds is 11. The van der Waals surface area contributed by atoms with Crippen LogP contribution in [0.2, 0.25) is 0 Å². The number of aromatic nitrogens is 1. The first-order chi connectivity index (χ1) is 22.3. The van der Waals surface area contributed by atoms with Crippen molar-refractivity contribution in [2.24, 2.45) is 23.2 Å². The van der Waals surface area contributed by atoms with Crippen LogP contribution in [0.5, 0.6) is 11.5 Å². The molecule has 244 valence electrons. The van der Waals surface area contributed by atoms with Gasteiger partial charge in [-0.15, -0.1) is 0 Å². The highest BCUT2D eigenvalue weighted by molar-refractivity contribution is 5.94. The van der Waals surface area contributed by atoms with Gasteiger partial charge in [-0.05, 0) is 142 Å². The molecule has 1 aliphatic heterocycles. The number of nitrogens with zero attached hydrogens (tertiary/aromatic N) is 3. The molecule has 5 fully saturated rings. The summed E-state index contributed by atoms with van der Waals surface area (Å²) < 4.78 is 11.9. The molecule has 4 aliphatic carbocycles. The number of benzene rings is 2. The number of pyridine rings is 1. The molecule has 0 atom stereocenters. The fraction of sp³-hybridized carbons (Fsp3) is 0.538. The van der Waals surface area contributed by atoms with Crippen molar-refractivity contribution in [2.75, 3.05) is 44.2 Å². The molecule has 2 aromatic carbocycles. The van der Waals surface area contributed by atoms with Crippen molar-refractivity contribution in [3.63, 3.8) is 0 Å². The normalized spacial score (nSPS) is 25.6. The minimum Gasteiger partial charge on any atom is -0.492 e. The van der Waals surface area contributed by atoms with Gasteiger partial charge in [0, 0.05) is 62.3 Å². The summed E-state index contributed by atoms with van der Waals surface area (Å²) in [6.07, 6.45) is 12.0. The molecule has 1 N–H and O–H groups in total. The molecule has 1 saturated heterocycles. The smallest absolute Gasteiger partial charge is 0.251 e. The van der Waals surface area contributed by atoms with Crippen LogP contribution in [0.15, 0.2) is 60.9 Å². The van der Waals surface area contributed by atoms with E-state index in [4.69, 9.17) is 9.47 Å². The van der Waals surface area contributed by atoms with Crippen molar-refractivity contribution in [2.45, 2.75) is 71.9 Å².